The molecular weight excluding hydrogens is 344 g/mol. The Morgan fingerprint density at radius 2 is 2.31 bits per heavy atom. The van der Waals surface area contributed by atoms with E-state index in [4.69, 9.17) is 10.5 Å². The molecule has 0 aliphatic carbocycles. The van der Waals surface area contributed by atoms with E-state index in [9.17, 15) is 19.8 Å². The fourth-order valence-electron chi connectivity index (χ4n) is 3.13. The van der Waals surface area contributed by atoms with Crippen molar-refractivity contribution in [1.29, 1.82) is 0 Å². The predicted molar refractivity (Wildman–Crippen MR) is 91.0 cm³/mol. The Bertz CT molecular complexity index is 849. The zero-order valence-electron chi connectivity index (χ0n) is 14.3. The van der Waals surface area contributed by atoms with Crippen molar-refractivity contribution in [3.63, 3.8) is 0 Å². The summed E-state index contributed by atoms with van der Waals surface area (Å²) in [5.41, 5.74) is 5.28. The van der Waals surface area contributed by atoms with Crippen LogP contribution in [0.15, 0.2) is 11.1 Å². The number of nitrogens with zero attached hydrogens (tertiary/aromatic N) is 3. The van der Waals surface area contributed by atoms with Gasteiger partial charge in [0.2, 0.25) is 11.9 Å². The molecule has 0 bridgehead atoms. The van der Waals surface area contributed by atoms with Crippen LogP contribution in [-0.2, 0) is 9.53 Å². The molecule has 26 heavy (non-hydrogen) atoms. The topological polar surface area (TPSA) is 168 Å². The van der Waals surface area contributed by atoms with E-state index >= 15 is 0 Å². The molecule has 2 aromatic rings. The number of hydrogen-bond acceptors (Lipinski definition) is 8. The first-order valence-electron chi connectivity index (χ1n) is 8.39. The largest absolute Gasteiger partial charge is 0.394 e. The second-order valence-corrected chi connectivity index (χ2v) is 6.23. The minimum Gasteiger partial charge on any atom is -0.394 e. The first-order chi connectivity index (χ1) is 12.5. The van der Waals surface area contributed by atoms with Gasteiger partial charge in [-0.15, -0.1) is 0 Å². The molecule has 11 nitrogen and oxygen atoms in total. The van der Waals surface area contributed by atoms with Gasteiger partial charge in [0.15, 0.2) is 17.4 Å². The lowest BCUT2D eigenvalue weighted by atomic mass is 9.94. The molecule has 1 fully saturated rings. The summed E-state index contributed by atoms with van der Waals surface area (Å²) in [4.78, 5) is 34.3. The quantitative estimate of drug-likeness (QED) is 0.411. The number of aromatic nitrogens is 4. The molecule has 6 N–H and O–H groups in total. The van der Waals surface area contributed by atoms with Crippen LogP contribution in [0.3, 0.4) is 0 Å². The van der Waals surface area contributed by atoms with Gasteiger partial charge in [-0.1, -0.05) is 6.92 Å². The number of carbonyl (C=O) groups is 1. The number of fused-ring (bicyclic) bond motifs is 1. The maximum absolute atomic E-state index is 12.0. The summed E-state index contributed by atoms with van der Waals surface area (Å²) in [6.07, 6.45) is -0.669. The molecule has 0 saturated carbocycles. The Morgan fingerprint density at radius 1 is 1.54 bits per heavy atom. The van der Waals surface area contributed by atoms with Crippen molar-refractivity contribution in [2.75, 3.05) is 18.9 Å². The Labute approximate surface area is 148 Å². The highest BCUT2D eigenvalue weighted by molar-refractivity contribution is 5.76. The lowest BCUT2D eigenvalue weighted by molar-refractivity contribution is -0.123. The van der Waals surface area contributed by atoms with Gasteiger partial charge < -0.3 is 26.0 Å². The summed E-state index contributed by atoms with van der Waals surface area (Å²) in [5.74, 6) is -0.933. The Morgan fingerprint density at radius 3 is 3.00 bits per heavy atom. The number of amides is 1. The summed E-state index contributed by atoms with van der Waals surface area (Å²) < 4.78 is 7.11. The van der Waals surface area contributed by atoms with Crippen LogP contribution in [-0.4, -0.2) is 61.0 Å². The fraction of sp³-hybridized carbons (Fsp3) is 0.600. The van der Waals surface area contributed by atoms with Crippen LogP contribution in [0.2, 0.25) is 0 Å². The maximum Gasteiger partial charge on any atom is 0.280 e. The lowest BCUT2D eigenvalue weighted by Gasteiger charge is -2.19. The van der Waals surface area contributed by atoms with E-state index in [0.29, 0.717) is 6.54 Å². The number of nitrogen functional groups attached to an aromatic ring is 1. The van der Waals surface area contributed by atoms with Crippen molar-refractivity contribution in [2.45, 2.75) is 38.2 Å². The van der Waals surface area contributed by atoms with E-state index in [-0.39, 0.29) is 36.0 Å². The standard InChI is InChI=1S/C15H22N6O5/c1-2-3-17-9(23)4-7-8(5-22)26-14(11(7)24)21-6-18-10-12(21)19-15(16)20-13(10)25/h6-8,11,14,22,24H,2-5H2,1H3,(H,17,23)(H3,16,19,20,25)/t7-,8-,11-,14-/m1/s1. The minimum atomic E-state index is -1.10. The highest BCUT2D eigenvalue weighted by Crippen LogP contribution is 2.36. The van der Waals surface area contributed by atoms with Gasteiger partial charge >= 0.3 is 0 Å². The van der Waals surface area contributed by atoms with E-state index < -0.39 is 29.9 Å². The Hall–Kier alpha value is -2.50. The van der Waals surface area contributed by atoms with Gasteiger partial charge in [0.1, 0.15) is 6.10 Å². The van der Waals surface area contributed by atoms with Gasteiger partial charge in [-0.3, -0.25) is 19.1 Å². The number of hydrogen-bond donors (Lipinski definition) is 5. The number of nitrogens with one attached hydrogen (secondary N) is 2. The van der Waals surface area contributed by atoms with Gasteiger partial charge in [-0.2, -0.15) is 4.98 Å². The van der Waals surface area contributed by atoms with Crippen molar-refractivity contribution in [2.24, 2.45) is 5.92 Å². The molecule has 0 radical (unpaired) electrons. The van der Waals surface area contributed by atoms with Crippen molar-refractivity contribution >= 4 is 23.0 Å². The summed E-state index contributed by atoms with van der Waals surface area (Å²) in [6, 6.07) is 0. The number of anilines is 1. The molecule has 3 heterocycles. The van der Waals surface area contributed by atoms with Crippen LogP contribution in [0, 0.1) is 5.92 Å². The summed E-state index contributed by atoms with van der Waals surface area (Å²) in [7, 11) is 0. The number of ether oxygens (including phenoxy) is 1. The van der Waals surface area contributed by atoms with E-state index in [1.54, 1.807) is 0 Å². The van der Waals surface area contributed by atoms with Crippen LogP contribution in [0.25, 0.3) is 11.2 Å². The molecule has 4 atom stereocenters. The number of nitrogens with two attached hydrogens (primary N) is 1. The maximum atomic E-state index is 12.0. The molecule has 0 aromatic carbocycles. The van der Waals surface area contributed by atoms with Crippen LogP contribution >= 0.6 is 0 Å². The monoisotopic (exact) mass is 366 g/mol. The third kappa shape index (κ3) is 3.28. The van der Waals surface area contributed by atoms with Gasteiger partial charge in [-0.05, 0) is 6.42 Å². The van der Waals surface area contributed by atoms with Gasteiger partial charge in [-0.25, -0.2) is 4.98 Å². The van der Waals surface area contributed by atoms with Crippen LogP contribution in [0.4, 0.5) is 5.95 Å². The molecule has 1 aliphatic heterocycles. The highest BCUT2D eigenvalue weighted by Gasteiger charge is 2.45. The van der Waals surface area contributed by atoms with Crippen molar-refractivity contribution in [1.82, 2.24) is 24.8 Å². The summed E-state index contributed by atoms with van der Waals surface area (Å²) >= 11 is 0. The number of aromatic amines is 1. The average Bonchev–Trinajstić information content (AvgIpc) is 3.15. The van der Waals surface area contributed by atoms with Crippen molar-refractivity contribution in [3.05, 3.63) is 16.7 Å². The summed E-state index contributed by atoms with van der Waals surface area (Å²) in [6.45, 7) is 2.11. The molecule has 1 amide bonds. The number of H-pyrrole nitrogens is 1. The third-order valence-corrected chi connectivity index (χ3v) is 4.42. The second kappa shape index (κ2) is 7.40. The molecule has 2 aromatic heterocycles. The van der Waals surface area contributed by atoms with Crippen molar-refractivity contribution in [3.8, 4) is 0 Å². The molecule has 1 aliphatic rings. The Kier molecular flexibility index (Phi) is 5.20. The molecule has 0 unspecified atom stereocenters. The average molecular weight is 366 g/mol. The number of carbonyl (C=O) groups excluding carboxylic acids is 1. The van der Waals surface area contributed by atoms with E-state index in [1.165, 1.54) is 10.9 Å². The van der Waals surface area contributed by atoms with Crippen LogP contribution in [0.5, 0.6) is 0 Å². The number of rotatable bonds is 6. The van der Waals surface area contributed by atoms with Gasteiger partial charge in [0.05, 0.1) is 19.0 Å². The first kappa shape index (κ1) is 18.3. The highest BCUT2D eigenvalue weighted by atomic mass is 16.5. The zero-order valence-corrected chi connectivity index (χ0v) is 14.3. The molecule has 11 heteroatoms. The normalized spacial score (nSPS) is 25.7. The SMILES string of the molecule is CCCNC(=O)C[C@H]1[C@@H](O)[C@H](n2cnc3c(=O)[nH]c(N)nc32)O[C@@H]1CO. The molecule has 3 rings (SSSR count). The first-order valence-corrected chi connectivity index (χ1v) is 8.39. The zero-order chi connectivity index (χ0) is 18.8. The molecule has 142 valence electrons. The van der Waals surface area contributed by atoms with Crippen LogP contribution < -0.4 is 16.6 Å². The molecule has 0 spiro atoms. The van der Waals surface area contributed by atoms with Gasteiger partial charge in [0.25, 0.3) is 5.56 Å². The fourth-order valence-corrected chi connectivity index (χ4v) is 3.13. The lowest BCUT2D eigenvalue weighted by Crippen LogP contribution is -2.34. The van der Waals surface area contributed by atoms with Crippen LogP contribution in [0.1, 0.15) is 26.0 Å². The third-order valence-electron chi connectivity index (χ3n) is 4.42. The van der Waals surface area contributed by atoms with Gasteiger partial charge in [0, 0.05) is 18.9 Å². The second-order valence-electron chi connectivity index (χ2n) is 6.23. The number of aliphatic hydroxyl groups excluding tert-OH is 2. The Balaban J connectivity index is 1.88. The number of aliphatic hydroxyl groups is 2. The van der Waals surface area contributed by atoms with Crippen molar-refractivity contribution < 1.29 is 19.7 Å². The smallest absolute Gasteiger partial charge is 0.280 e. The number of imidazole rings is 1. The van der Waals surface area contributed by atoms with E-state index in [2.05, 4.69) is 20.3 Å². The van der Waals surface area contributed by atoms with E-state index in [1.807, 2.05) is 6.92 Å². The van der Waals surface area contributed by atoms with E-state index in [0.717, 1.165) is 6.42 Å². The minimum absolute atomic E-state index is 0.00563. The molecule has 1 saturated heterocycles. The molecular formula is C15H22N6O5. The summed E-state index contributed by atoms with van der Waals surface area (Å²) in [5, 5.41) is 23.0. The predicted octanol–water partition coefficient (Wildman–Crippen LogP) is -1.52.